The molecule has 0 radical (unpaired) electrons. The smallest absolute Gasteiger partial charge is 0.340 e. The highest BCUT2D eigenvalue weighted by Gasteiger charge is 2.40. The first-order valence-corrected chi connectivity index (χ1v) is 12.3. The maximum absolute atomic E-state index is 12.4. The van der Waals surface area contributed by atoms with Gasteiger partial charge in [0, 0.05) is 30.8 Å². The zero-order valence-corrected chi connectivity index (χ0v) is 22.0. The molecule has 0 spiro atoms. The van der Waals surface area contributed by atoms with Crippen molar-refractivity contribution >= 4 is 34.3 Å². The Morgan fingerprint density at radius 1 is 1.19 bits per heavy atom. The second kappa shape index (κ2) is 8.65. The van der Waals surface area contributed by atoms with Crippen molar-refractivity contribution in [3.63, 3.8) is 0 Å². The molecular formula is C27H32N6O4. The minimum Gasteiger partial charge on any atom is -0.470 e. The fourth-order valence-corrected chi connectivity index (χ4v) is 4.60. The summed E-state index contributed by atoms with van der Waals surface area (Å²) in [5, 5.41) is 4.86. The van der Waals surface area contributed by atoms with E-state index in [1.807, 2.05) is 40.7 Å². The Kier molecular flexibility index (Phi) is 5.82. The lowest BCUT2D eigenvalue weighted by Gasteiger charge is -2.38. The highest BCUT2D eigenvalue weighted by Crippen LogP contribution is 2.38. The van der Waals surface area contributed by atoms with Crippen molar-refractivity contribution in [2.24, 2.45) is 5.73 Å². The van der Waals surface area contributed by atoms with E-state index in [1.165, 1.54) is 0 Å². The molecule has 37 heavy (non-hydrogen) atoms. The van der Waals surface area contributed by atoms with Crippen LogP contribution in [0.5, 0.6) is 5.88 Å². The summed E-state index contributed by atoms with van der Waals surface area (Å²) in [6.07, 6.45) is 3.32. The minimum absolute atomic E-state index is 0.0286. The number of hydrogen-bond donors (Lipinski definition) is 2. The number of nitrogens with one attached hydrogen (secondary N) is 1. The summed E-state index contributed by atoms with van der Waals surface area (Å²) >= 11 is 0. The van der Waals surface area contributed by atoms with Crippen LogP contribution in [0.4, 0.5) is 11.6 Å². The van der Waals surface area contributed by atoms with E-state index in [-0.39, 0.29) is 23.9 Å². The molecule has 2 aliphatic rings. The quantitative estimate of drug-likeness (QED) is 0.500. The lowest BCUT2D eigenvalue weighted by Crippen LogP contribution is -2.55. The molecule has 2 aliphatic heterocycles. The molecule has 5 heterocycles. The number of nitrogens with zero attached hydrogens (tertiary/aromatic N) is 4. The third-order valence-electron chi connectivity index (χ3n) is 7.21. The molecule has 3 aromatic heterocycles. The zero-order chi connectivity index (χ0) is 26.7. The van der Waals surface area contributed by atoms with Crippen molar-refractivity contribution < 1.29 is 19.1 Å². The van der Waals surface area contributed by atoms with Crippen LogP contribution in [0.2, 0.25) is 0 Å². The molecule has 5 rings (SSSR count). The number of aromatic nitrogens is 3. The average molecular weight is 505 g/mol. The van der Waals surface area contributed by atoms with E-state index < -0.39 is 11.1 Å². The summed E-state index contributed by atoms with van der Waals surface area (Å²) < 4.78 is 11.7. The predicted octanol–water partition coefficient (Wildman–Crippen LogP) is 3.62. The van der Waals surface area contributed by atoms with Gasteiger partial charge < -0.3 is 25.4 Å². The highest BCUT2D eigenvalue weighted by atomic mass is 16.6. The number of pyridine rings is 3. The van der Waals surface area contributed by atoms with Crippen LogP contribution < -0.4 is 15.8 Å². The molecule has 1 unspecified atom stereocenters. The van der Waals surface area contributed by atoms with Crippen LogP contribution in [0.25, 0.3) is 10.8 Å². The van der Waals surface area contributed by atoms with Gasteiger partial charge in [0.15, 0.2) is 0 Å². The van der Waals surface area contributed by atoms with Gasteiger partial charge in [-0.25, -0.2) is 19.7 Å². The number of rotatable bonds is 5. The second-order valence-corrected chi connectivity index (χ2v) is 10.9. The normalized spacial score (nSPS) is 19.2. The molecule has 10 heteroatoms. The van der Waals surface area contributed by atoms with E-state index >= 15 is 0 Å². The van der Waals surface area contributed by atoms with Gasteiger partial charge in [-0.3, -0.25) is 4.79 Å². The number of hydrogen-bond acceptors (Lipinski definition) is 9. The number of cyclic esters (lactones) is 1. The molecule has 1 atom stereocenters. The number of carbonyl (C=O) groups excluding carboxylic acids is 2. The van der Waals surface area contributed by atoms with Gasteiger partial charge in [0.25, 0.3) is 0 Å². The number of fused-ring (bicyclic) bond motifs is 2. The zero-order valence-electron chi connectivity index (χ0n) is 22.0. The molecule has 0 aliphatic carbocycles. The van der Waals surface area contributed by atoms with Crippen LogP contribution in [0.1, 0.15) is 69.1 Å². The summed E-state index contributed by atoms with van der Waals surface area (Å²) in [4.78, 5) is 39.5. The van der Waals surface area contributed by atoms with E-state index in [0.29, 0.717) is 41.9 Å². The summed E-state index contributed by atoms with van der Waals surface area (Å²) in [6.45, 7) is 12.2. The van der Waals surface area contributed by atoms with Crippen LogP contribution in [-0.2, 0) is 15.1 Å². The van der Waals surface area contributed by atoms with Crippen molar-refractivity contribution in [1.29, 1.82) is 0 Å². The van der Waals surface area contributed by atoms with Gasteiger partial charge in [-0.1, -0.05) is 6.92 Å². The van der Waals surface area contributed by atoms with E-state index in [2.05, 4.69) is 15.3 Å². The van der Waals surface area contributed by atoms with Crippen molar-refractivity contribution in [3.8, 4) is 5.88 Å². The number of likely N-dealkylation sites (tertiary alicyclic amines) is 1. The average Bonchev–Trinajstić information content (AvgIpc) is 2.78. The maximum Gasteiger partial charge on any atom is 0.340 e. The van der Waals surface area contributed by atoms with Gasteiger partial charge in [-0.05, 0) is 56.8 Å². The SMILES string of the molecule is CC(=O)N1CC(Oc2ncc(C(C)(C)N)c3cc(Nc4ccc5c(n4)C(C)C(C)(C)OC5=O)ncc23)C1. The Hall–Kier alpha value is -3.79. The van der Waals surface area contributed by atoms with Crippen molar-refractivity contribution in [3.05, 3.63) is 47.4 Å². The molecule has 0 bridgehead atoms. The Bertz CT molecular complexity index is 1410. The molecule has 1 fully saturated rings. The molecule has 0 aromatic carbocycles. The molecule has 0 saturated carbocycles. The monoisotopic (exact) mass is 504 g/mol. The topological polar surface area (TPSA) is 133 Å². The van der Waals surface area contributed by atoms with Gasteiger partial charge in [-0.2, -0.15) is 0 Å². The molecule has 10 nitrogen and oxygen atoms in total. The van der Waals surface area contributed by atoms with E-state index in [4.69, 9.17) is 20.2 Å². The van der Waals surface area contributed by atoms with Crippen molar-refractivity contribution in [1.82, 2.24) is 19.9 Å². The molecule has 1 saturated heterocycles. The first kappa shape index (κ1) is 24.9. The summed E-state index contributed by atoms with van der Waals surface area (Å²) in [7, 11) is 0. The van der Waals surface area contributed by atoms with Gasteiger partial charge in [0.1, 0.15) is 23.3 Å². The standard InChI is InChI=1S/C27H32N6O4/c1-14-23-17(25(35)37-27(14,5)6)7-8-21(32-23)31-22-9-18-19(10-29-22)24(30-11-20(18)26(3,4)28)36-16-12-33(13-16)15(2)34/h7-11,14,16H,12-13,28H2,1-6H3,(H,29,31,32). The first-order chi connectivity index (χ1) is 17.3. The fraction of sp³-hybridized carbons (Fsp3) is 0.444. The van der Waals surface area contributed by atoms with Crippen LogP contribution >= 0.6 is 0 Å². The van der Waals surface area contributed by atoms with Crippen molar-refractivity contribution in [2.45, 2.75) is 64.7 Å². The first-order valence-electron chi connectivity index (χ1n) is 12.3. The number of esters is 1. The Morgan fingerprint density at radius 2 is 1.92 bits per heavy atom. The van der Waals surface area contributed by atoms with Gasteiger partial charge in [0.05, 0.1) is 29.7 Å². The van der Waals surface area contributed by atoms with E-state index in [9.17, 15) is 9.59 Å². The molecule has 3 aromatic rings. The van der Waals surface area contributed by atoms with E-state index in [0.717, 1.165) is 16.3 Å². The molecular weight excluding hydrogens is 472 g/mol. The third-order valence-corrected chi connectivity index (χ3v) is 7.21. The lowest BCUT2D eigenvalue weighted by atomic mass is 9.84. The number of amides is 1. The van der Waals surface area contributed by atoms with Gasteiger partial charge in [0.2, 0.25) is 11.8 Å². The number of anilines is 2. The fourth-order valence-electron chi connectivity index (χ4n) is 4.60. The summed E-state index contributed by atoms with van der Waals surface area (Å²) in [6, 6.07) is 5.37. The van der Waals surface area contributed by atoms with E-state index in [1.54, 1.807) is 36.4 Å². The maximum atomic E-state index is 12.4. The number of nitrogens with two attached hydrogens (primary N) is 1. The van der Waals surface area contributed by atoms with Crippen molar-refractivity contribution in [2.75, 3.05) is 18.4 Å². The Balaban J connectivity index is 1.48. The van der Waals surface area contributed by atoms with Crippen LogP contribution in [0, 0.1) is 0 Å². The predicted molar refractivity (Wildman–Crippen MR) is 139 cm³/mol. The van der Waals surface area contributed by atoms with Crippen LogP contribution in [0.3, 0.4) is 0 Å². The lowest BCUT2D eigenvalue weighted by molar-refractivity contribution is -0.137. The summed E-state index contributed by atoms with van der Waals surface area (Å²) in [5.74, 6) is 1.18. The van der Waals surface area contributed by atoms with Gasteiger partial charge in [-0.15, -0.1) is 0 Å². The molecule has 3 N–H and O–H groups in total. The largest absolute Gasteiger partial charge is 0.470 e. The summed E-state index contributed by atoms with van der Waals surface area (Å²) in [5.41, 5.74) is 7.18. The number of carbonyl (C=O) groups is 2. The van der Waals surface area contributed by atoms with Crippen LogP contribution in [0.15, 0.2) is 30.6 Å². The Morgan fingerprint density at radius 3 is 2.59 bits per heavy atom. The second-order valence-electron chi connectivity index (χ2n) is 10.9. The van der Waals surface area contributed by atoms with Gasteiger partial charge >= 0.3 is 5.97 Å². The third kappa shape index (κ3) is 4.57. The molecule has 1 amide bonds. The minimum atomic E-state index is -0.657. The number of ether oxygens (including phenoxy) is 2. The van der Waals surface area contributed by atoms with Crippen LogP contribution in [-0.4, -0.2) is 56.5 Å². The molecule has 194 valence electrons. The Labute approximate surface area is 215 Å². The highest BCUT2D eigenvalue weighted by molar-refractivity contribution is 5.93.